The fraction of sp³-hybridized carbons (Fsp3) is 0.333. The third kappa shape index (κ3) is 3.72. The monoisotopic (exact) mass is 326 g/mol. The van der Waals surface area contributed by atoms with E-state index in [0.717, 1.165) is 13.0 Å². The molecular weight excluding hydrogens is 304 g/mol. The quantitative estimate of drug-likeness (QED) is 0.657. The van der Waals surface area contributed by atoms with Crippen molar-refractivity contribution in [3.8, 4) is 0 Å². The van der Waals surface area contributed by atoms with Crippen LogP contribution in [0.25, 0.3) is 0 Å². The maximum atomic E-state index is 12.1. The van der Waals surface area contributed by atoms with Crippen LogP contribution in [-0.2, 0) is 13.0 Å². The van der Waals surface area contributed by atoms with Gasteiger partial charge >= 0.3 is 0 Å². The molecule has 6 heteroatoms. The van der Waals surface area contributed by atoms with Crippen LogP contribution in [0, 0.1) is 0 Å². The fourth-order valence-corrected chi connectivity index (χ4v) is 2.87. The summed E-state index contributed by atoms with van der Waals surface area (Å²) in [5, 5.41) is 19.4. The van der Waals surface area contributed by atoms with Gasteiger partial charge in [-0.3, -0.25) is 4.79 Å². The van der Waals surface area contributed by atoms with Gasteiger partial charge in [0.05, 0.1) is 11.7 Å². The van der Waals surface area contributed by atoms with Gasteiger partial charge in [-0.05, 0) is 29.7 Å². The SMILES string of the molecule is CNc1ccc(C(=O)NC[C@@H](O)[C@@H]2Cc3ccccc3CN2)cn1. The van der Waals surface area contributed by atoms with Gasteiger partial charge in [-0.25, -0.2) is 4.98 Å². The highest BCUT2D eigenvalue weighted by molar-refractivity contribution is 5.94. The summed E-state index contributed by atoms with van der Waals surface area (Å²) in [7, 11) is 1.77. The van der Waals surface area contributed by atoms with Gasteiger partial charge in [0.2, 0.25) is 0 Å². The van der Waals surface area contributed by atoms with Crippen molar-refractivity contribution < 1.29 is 9.90 Å². The summed E-state index contributed by atoms with van der Waals surface area (Å²) in [4.78, 5) is 16.2. The summed E-state index contributed by atoms with van der Waals surface area (Å²) < 4.78 is 0. The zero-order chi connectivity index (χ0) is 16.9. The van der Waals surface area contributed by atoms with Crippen LogP contribution in [0.15, 0.2) is 42.6 Å². The van der Waals surface area contributed by atoms with Crippen LogP contribution in [0.5, 0.6) is 0 Å². The molecule has 0 unspecified atom stereocenters. The Balaban J connectivity index is 1.53. The Morgan fingerprint density at radius 1 is 1.33 bits per heavy atom. The van der Waals surface area contributed by atoms with E-state index in [1.807, 2.05) is 12.1 Å². The lowest BCUT2D eigenvalue weighted by Crippen LogP contribution is -2.49. The molecule has 0 fully saturated rings. The number of hydrogen-bond donors (Lipinski definition) is 4. The third-order valence-corrected chi connectivity index (χ3v) is 4.33. The molecule has 6 nitrogen and oxygen atoms in total. The Hall–Kier alpha value is -2.44. The zero-order valence-corrected chi connectivity index (χ0v) is 13.6. The van der Waals surface area contributed by atoms with E-state index in [1.165, 1.54) is 17.3 Å². The number of fused-ring (bicyclic) bond motifs is 1. The van der Waals surface area contributed by atoms with Gasteiger partial charge in [0.1, 0.15) is 5.82 Å². The number of aromatic nitrogens is 1. The van der Waals surface area contributed by atoms with Crippen molar-refractivity contribution >= 4 is 11.7 Å². The normalized spacial score (nSPS) is 17.7. The summed E-state index contributed by atoms with van der Waals surface area (Å²) in [5.41, 5.74) is 2.99. The second kappa shape index (κ2) is 7.42. The molecule has 1 aromatic heterocycles. The van der Waals surface area contributed by atoms with Crippen LogP contribution in [0.3, 0.4) is 0 Å². The average molecular weight is 326 g/mol. The van der Waals surface area contributed by atoms with Crippen molar-refractivity contribution in [3.05, 3.63) is 59.3 Å². The molecule has 24 heavy (non-hydrogen) atoms. The number of rotatable bonds is 5. The minimum absolute atomic E-state index is 0.0648. The number of aliphatic hydroxyl groups is 1. The lowest BCUT2D eigenvalue weighted by atomic mass is 9.93. The van der Waals surface area contributed by atoms with Crippen LogP contribution in [-0.4, -0.2) is 41.7 Å². The maximum absolute atomic E-state index is 12.1. The summed E-state index contributed by atoms with van der Waals surface area (Å²) in [6.45, 7) is 0.938. The van der Waals surface area contributed by atoms with Crippen LogP contribution in [0.4, 0.5) is 5.82 Å². The first-order valence-corrected chi connectivity index (χ1v) is 8.07. The summed E-state index contributed by atoms with van der Waals surface area (Å²) >= 11 is 0. The van der Waals surface area contributed by atoms with Gasteiger partial charge in [-0.2, -0.15) is 0 Å². The molecule has 1 amide bonds. The lowest BCUT2D eigenvalue weighted by Gasteiger charge is -2.30. The minimum Gasteiger partial charge on any atom is -0.390 e. The van der Waals surface area contributed by atoms with E-state index in [0.29, 0.717) is 11.4 Å². The molecule has 2 atom stereocenters. The molecule has 3 rings (SSSR count). The molecular formula is C18H22N4O2. The first kappa shape index (κ1) is 16.4. The number of amides is 1. The van der Waals surface area contributed by atoms with E-state index < -0.39 is 6.10 Å². The van der Waals surface area contributed by atoms with E-state index in [-0.39, 0.29) is 18.5 Å². The first-order chi connectivity index (χ1) is 11.7. The highest BCUT2D eigenvalue weighted by Crippen LogP contribution is 2.17. The third-order valence-electron chi connectivity index (χ3n) is 4.33. The van der Waals surface area contributed by atoms with Crippen molar-refractivity contribution in [2.24, 2.45) is 0 Å². The van der Waals surface area contributed by atoms with Crippen molar-refractivity contribution in [3.63, 3.8) is 0 Å². The topological polar surface area (TPSA) is 86.3 Å². The molecule has 0 saturated carbocycles. The Labute approximate surface area is 141 Å². The number of benzene rings is 1. The Morgan fingerprint density at radius 2 is 2.12 bits per heavy atom. The van der Waals surface area contributed by atoms with Gasteiger partial charge in [0, 0.05) is 32.4 Å². The molecule has 0 bridgehead atoms. The molecule has 0 saturated heterocycles. The molecule has 126 valence electrons. The molecule has 0 aliphatic carbocycles. The largest absolute Gasteiger partial charge is 0.390 e. The van der Waals surface area contributed by atoms with Crippen LogP contribution in [0.1, 0.15) is 21.5 Å². The lowest BCUT2D eigenvalue weighted by molar-refractivity contribution is 0.0869. The summed E-state index contributed by atoms with van der Waals surface area (Å²) in [6, 6.07) is 11.6. The highest BCUT2D eigenvalue weighted by Gasteiger charge is 2.24. The second-order valence-electron chi connectivity index (χ2n) is 5.92. The predicted octanol–water partition coefficient (Wildman–Crippen LogP) is 0.928. The van der Waals surface area contributed by atoms with Crippen LogP contribution >= 0.6 is 0 Å². The second-order valence-corrected chi connectivity index (χ2v) is 5.92. The van der Waals surface area contributed by atoms with Crippen molar-refractivity contribution in [2.45, 2.75) is 25.1 Å². The molecule has 2 aromatic rings. The highest BCUT2D eigenvalue weighted by atomic mass is 16.3. The zero-order valence-electron chi connectivity index (χ0n) is 13.6. The van der Waals surface area contributed by atoms with E-state index in [9.17, 15) is 9.90 Å². The molecule has 0 radical (unpaired) electrons. The molecule has 4 N–H and O–H groups in total. The van der Waals surface area contributed by atoms with Gasteiger partial charge in [-0.15, -0.1) is 0 Å². The number of nitrogens with zero attached hydrogens (tertiary/aromatic N) is 1. The minimum atomic E-state index is -0.646. The van der Waals surface area contributed by atoms with Crippen LogP contribution < -0.4 is 16.0 Å². The molecule has 0 spiro atoms. The number of anilines is 1. The Kier molecular flexibility index (Phi) is 5.08. The van der Waals surface area contributed by atoms with Crippen molar-refractivity contribution in [1.29, 1.82) is 0 Å². The van der Waals surface area contributed by atoms with Crippen LogP contribution in [0.2, 0.25) is 0 Å². The predicted molar refractivity (Wildman–Crippen MR) is 92.9 cm³/mol. The average Bonchev–Trinajstić information content (AvgIpc) is 2.65. The summed E-state index contributed by atoms with van der Waals surface area (Å²) in [5.74, 6) is 0.470. The molecule has 1 aliphatic heterocycles. The summed E-state index contributed by atoms with van der Waals surface area (Å²) in [6.07, 6.45) is 1.63. The molecule has 1 aliphatic rings. The standard InChI is InChI=1S/C18H22N4O2/c1-19-17-7-6-14(10-21-17)18(24)22-11-16(23)15-8-12-4-2-3-5-13(12)9-20-15/h2-7,10,15-16,20,23H,8-9,11H2,1H3,(H,19,21)(H,22,24)/t15-,16+/m0/s1. The number of carbonyl (C=O) groups is 1. The molecule has 1 aromatic carbocycles. The number of nitrogens with one attached hydrogen (secondary N) is 3. The van der Waals surface area contributed by atoms with E-state index in [1.54, 1.807) is 19.2 Å². The van der Waals surface area contributed by atoms with Gasteiger partial charge in [0.15, 0.2) is 0 Å². The van der Waals surface area contributed by atoms with E-state index >= 15 is 0 Å². The van der Waals surface area contributed by atoms with Crippen molar-refractivity contribution in [1.82, 2.24) is 15.6 Å². The van der Waals surface area contributed by atoms with E-state index in [4.69, 9.17) is 0 Å². The number of hydrogen-bond acceptors (Lipinski definition) is 5. The van der Waals surface area contributed by atoms with Gasteiger partial charge < -0.3 is 21.1 Å². The Morgan fingerprint density at radius 3 is 2.83 bits per heavy atom. The maximum Gasteiger partial charge on any atom is 0.252 e. The number of pyridine rings is 1. The number of aliphatic hydroxyl groups excluding tert-OH is 1. The van der Waals surface area contributed by atoms with E-state index in [2.05, 4.69) is 33.1 Å². The first-order valence-electron chi connectivity index (χ1n) is 8.07. The van der Waals surface area contributed by atoms with Gasteiger partial charge in [-0.1, -0.05) is 24.3 Å². The smallest absolute Gasteiger partial charge is 0.252 e. The van der Waals surface area contributed by atoms with Gasteiger partial charge in [0.25, 0.3) is 5.91 Å². The van der Waals surface area contributed by atoms with Crippen molar-refractivity contribution in [2.75, 3.05) is 18.9 Å². The fourth-order valence-electron chi connectivity index (χ4n) is 2.87. The Bertz CT molecular complexity index is 702. The molecule has 2 heterocycles. The number of carbonyl (C=O) groups excluding carboxylic acids is 1.